The summed E-state index contributed by atoms with van der Waals surface area (Å²) < 4.78 is 27.9. The number of carbonyl (C=O) groups is 3. The summed E-state index contributed by atoms with van der Waals surface area (Å²) in [5.41, 5.74) is 2.82. The van der Waals surface area contributed by atoms with E-state index in [1.54, 1.807) is 43.5 Å². The minimum absolute atomic E-state index is 0.105. The van der Waals surface area contributed by atoms with Crippen LogP contribution in [0.25, 0.3) is 0 Å². The fourth-order valence-corrected chi connectivity index (χ4v) is 6.04. The highest BCUT2D eigenvalue weighted by Gasteiger charge is 2.42. The molecule has 1 unspecified atom stereocenters. The Morgan fingerprint density at radius 1 is 1.05 bits per heavy atom. The number of aromatic nitrogens is 1. The monoisotopic (exact) mass is 557 g/mol. The molecule has 0 spiro atoms. The first kappa shape index (κ1) is 30.3. The lowest BCUT2D eigenvalue weighted by Gasteiger charge is -2.30. The van der Waals surface area contributed by atoms with Crippen molar-refractivity contribution < 1.29 is 27.5 Å². The predicted octanol–water partition coefficient (Wildman–Crippen LogP) is 3.93. The number of hydrogen-bond donors (Lipinski definition) is 2. The molecule has 212 valence electrons. The van der Waals surface area contributed by atoms with E-state index in [1.807, 2.05) is 6.92 Å². The van der Waals surface area contributed by atoms with Gasteiger partial charge in [0.1, 0.15) is 15.9 Å². The zero-order valence-corrected chi connectivity index (χ0v) is 24.0. The van der Waals surface area contributed by atoms with Crippen molar-refractivity contribution in [1.29, 1.82) is 0 Å². The van der Waals surface area contributed by atoms with Gasteiger partial charge >= 0.3 is 5.97 Å². The molecule has 1 aliphatic rings. The Balaban J connectivity index is 1.66. The molecular weight excluding hydrogens is 518 g/mol. The lowest BCUT2D eigenvalue weighted by atomic mass is 9.80. The number of nitrogens with zero attached hydrogens (tertiary/aromatic N) is 1. The molecule has 1 heterocycles. The topological polar surface area (TPSA) is 132 Å². The average molecular weight is 558 g/mol. The number of amides is 2. The molecule has 2 amide bonds. The number of sulfone groups is 1. The maximum atomic E-state index is 13.5. The third kappa shape index (κ3) is 8.36. The van der Waals surface area contributed by atoms with Gasteiger partial charge in [0.25, 0.3) is 5.91 Å². The van der Waals surface area contributed by atoms with Crippen LogP contribution in [0.4, 0.5) is 5.69 Å². The number of rotatable bonds is 12. The lowest BCUT2D eigenvalue weighted by molar-refractivity contribution is -0.146. The molecule has 1 atom stereocenters. The summed E-state index contributed by atoms with van der Waals surface area (Å²) in [6.45, 7) is 3.65. The van der Waals surface area contributed by atoms with Gasteiger partial charge in [0.15, 0.2) is 0 Å². The van der Waals surface area contributed by atoms with Gasteiger partial charge in [0.2, 0.25) is 5.91 Å². The van der Waals surface area contributed by atoms with Crippen molar-refractivity contribution in [1.82, 2.24) is 10.3 Å². The first-order valence-corrected chi connectivity index (χ1v) is 15.4. The summed E-state index contributed by atoms with van der Waals surface area (Å²) in [5, 5.41) is 5.81. The van der Waals surface area contributed by atoms with Crippen LogP contribution in [0.5, 0.6) is 0 Å². The molecule has 1 aliphatic carbocycles. The maximum Gasteiger partial charge on any atom is 0.328 e. The largest absolute Gasteiger partial charge is 0.467 e. The zero-order valence-electron chi connectivity index (χ0n) is 23.2. The summed E-state index contributed by atoms with van der Waals surface area (Å²) in [7, 11) is -1.75. The zero-order chi connectivity index (χ0) is 28.6. The molecule has 0 aliphatic heterocycles. The Kier molecular flexibility index (Phi) is 10.2. The number of unbranched alkanes of at least 4 members (excludes halogenated alkanes) is 1. The predicted molar refractivity (Wildman–Crippen MR) is 150 cm³/mol. The number of aryl methyl sites for hydroxylation is 2. The second-order valence-electron chi connectivity index (χ2n) is 10.6. The van der Waals surface area contributed by atoms with Gasteiger partial charge in [-0.15, -0.1) is 0 Å². The number of ether oxygens (including phenoxy) is 1. The van der Waals surface area contributed by atoms with Gasteiger partial charge in [-0.05, 0) is 68.9 Å². The second kappa shape index (κ2) is 13.2. The number of methoxy groups -OCH3 is 1. The quantitative estimate of drug-likeness (QED) is 0.299. The lowest BCUT2D eigenvalue weighted by Crippen LogP contribution is -2.49. The maximum absolute atomic E-state index is 13.5. The Labute approximate surface area is 231 Å². The van der Waals surface area contributed by atoms with E-state index >= 15 is 0 Å². The van der Waals surface area contributed by atoms with E-state index < -0.39 is 27.3 Å². The Hall–Kier alpha value is -3.27. The van der Waals surface area contributed by atoms with Crippen molar-refractivity contribution >= 4 is 33.3 Å². The fourth-order valence-electron chi connectivity index (χ4n) is 5.31. The molecule has 3 rings (SSSR count). The van der Waals surface area contributed by atoms with Crippen molar-refractivity contribution in [2.24, 2.45) is 5.41 Å². The highest BCUT2D eigenvalue weighted by atomic mass is 32.2. The number of nitrogens with one attached hydrogen (secondary N) is 2. The standard InChI is InChI=1S/C29H39N3O6S/c1-20-13-17-30-21(2)25(20)26(33)31-23-11-9-22(10-12-23)19-24(27(34)38-3)32-28(35)29(14-5-6-15-29)16-7-8-18-39(4,36)37/h9-13,17,24H,5-8,14-16,18-19H2,1-4H3,(H,31,33)(H,32,35). The van der Waals surface area contributed by atoms with E-state index in [-0.39, 0.29) is 24.0 Å². The molecule has 2 N–H and O–H groups in total. The van der Waals surface area contributed by atoms with Crippen molar-refractivity contribution in [2.45, 2.75) is 71.3 Å². The third-order valence-corrected chi connectivity index (χ3v) is 8.51. The van der Waals surface area contributed by atoms with Gasteiger partial charge in [0, 0.05) is 35.7 Å². The van der Waals surface area contributed by atoms with Crippen LogP contribution in [0.15, 0.2) is 36.5 Å². The van der Waals surface area contributed by atoms with Crippen molar-refractivity contribution in [3.63, 3.8) is 0 Å². The van der Waals surface area contributed by atoms with Gasteiger partial charge in [-0.2, -0.15) is 0 Å². The van der Waals surface area contributed by atoms with E-state index in [0.29, 0.717) is 36.2 Å². The molecule has 39 heavy (non-hydrogen) atoms. The van der Waals surface area contributed by atoms with E-state index in [1.165, 1.54) is 13.4 Å². The van der Waals surface area contributed by atoms with Crippen LogP contribution in [0.1, 0.15) is 72.1 Å². The average Bonchev–Trinajstić information content (AvgIpc) is 3.36. The normalized spacial score (nSPS) is 15.4. The number of carbonyl (C=O) groups excluding carboxylic acids is 3. The van der Waals surface area contributed by atoms with Gasteiger partial charge in [0.05, 0.1) is 18.4 Å². The van der Waals surface area contributed by atoms with Crippen LogP contribution in [-0.4, -0.2) is 56.3 Å². The number of pyridine rings is 1. The van der Waals surface area contributed by atoms with Gasteiger partial charge in [-0.1, -0.05) is 31.4 Å². The number of benzene rings is 1. The van der Waals surface area contributed by atoms with Crippen LogP contribution in [0.2, 0.25) is 0 Å². The molecule has 0 saturated heterocycles. The smallest absolute Gasteiger partial charge is 0.328 e. The van der Waals surface area contributed by atoms with Crippen LogP contribution < -0.4 is 10.6 Å². The van der Waals surface area contributed by atoms with E-state index in [9.17, 15) is 22.8 Å². The highest BCUT2D eigenvalue weighted by Crippen LogP contribution is 2.42. The summed E-state index contributed by atoms with van der Waals surface area (Å²) in [4.78, 5) is 43.0. The Morgan fingerprint density at radius 2 is 1.72 bits per heavy atom. The van der Waals surface area contributed by atoms with Crippen LogP contribution in [-0.2, 0) is 30.6 Å². The molecule has 1 aromatic carbocycles. The third-order valence-electron chi connectivity index (χ3n) is 7.48. The summed E-state index contributed by atoms with van der Waals surface area (Å²) >= 11 is 0. The van der Waals surface area contributed by atoms with Gasteiger partial charge in [-0.25, -0.2) is 13.2 Å². The number of hydrogen-bond acceptors (Lipinski definition) is 7. The van der Waals surface area contributed by atoms with Gasteiger partial charge in [-0.3, -0.25) is 14.6 Å². The van der Waals surface area contributed by atoms with E-state index in [2.05, 4.69) is 15.6 Å². The molecule has 0 bridgehead atoms. The molecule has 10 heteroatoms. The van der Waals surface area contributed by atoms with Crippen molar-refractivity contribution in [3.05, 3.63) is 58.9 Å². The molecule has 1 fully saturated rings. The molecule has 2 aromatic rings. The van der Waals surface area contributed by atoms with E-state index in [0.717, 1.165) is 36.8 Å². The fraction of sp³-hybridized carbons (Fsp3) is 0.517. The van der Waals surface area contributed by atoms with Gasteiger partial charge < -0.3 is 15.4 Å². The number of esters is 1. The summed E-state index contributed by atoms with van der Waals surface area (Å²) in [6.07, 6.45) is 8.14. The minimum atomic E-state index is -3.04. The number of anilines is 1. The Bertz CT molecular complexity index is 1260. The van der Waals surface area contributed by atoms with Crippen LogP contribution in [0.3, 0.4) is 0 Å². The van der Waals surface area contributed by atoms with E-state index in [4.69, 9.17) is 4.74 Å². The first-order chi connectivity index (χ1) is 18.4. The first-order valence-electron chi connectivity index (χ1n) is 13.3. The summed E-state index contributed by atoms with van der Waals surface area (Å²) in [6, 6.07) is 8.04. The molecule has 1 saturated carbocycles. The molecular formula is C29H39N3O6S. The molecule has 9 nitrogen and oxygen atoms in total. The summed E-state index contributed by atoms with van der Waals surface area (Å²) in [5.74, 6) is -0.855. The SMILES string of the molecule is COC(=O)C(Cc1ccc(NC(=O)c2c(C)ccnc2C)cc1)NC(=O)C1(CCCCS(C)(=O)=O)CCCC1. The van der Waals surface area contributed by atoms with Crippen molar-refractivity contribution in [3.8, 4) is 0 Å². The molecule has 0 radical (unpaired) electrons. The van der Waals surface area contributed by atoms with Crippen LogP contribution in [0, 0.1) is 19.3 Å². The van der Waals surface area contributed by atoms with Crippen molar-refractivity contribution in [2.75, 3.05) is 24.4 Å². The molecule has 1 aromatic heterocycles. The van der Waals surface area contributed by atoms with Crippen LogP contribution >= 0.6 is 0 Å². The highest BCUT2D eigenvalue weighted by molar-refractivity contribution is 7.90. The Morgan fingerprint density at radius 3 is 2.31 bits per heavy atom. The minimum Gasteiger partial charge on any atom is -0.467 e. The second-order valence-corrected chi connectivity index (χ2v) is 12.8.